The lowest BCUT2D eigenvalue weighted by Crippen LogP contribution is -2.09. The first-order chi connectivity index (χ1) is 6.63. The van der Waals surface area contributed by atoms with Gasteiger partial charge in [0.1, 0.15) is 0 Å². The average Bonchev–Trinajstić information content (AvgIpc) is 2.62. The van der Waals surface area contributed by atoms with Crippen LogP contribution in [-0.2, 0) is 5.75 Å². The quantitative estimate of drug-likeness (QED) is 0.338. The summed E-state index contributed by atoms with van der Waals surface area (Å²) in [7, 11) is 0. The molecular weight excluding hydrogens is 198 g/mol. The highest BCUT2D eigenvalue weighted by molar-refractivity contribution is 8.13. The van der Waals surface area contributed by atoms with Gasteiger partial charge in [-0.3, -0.25) is 4.68 Å². The number of aromatic nitrogens is 2. The Hall–Kier alpha value is -1.17. The topological polar surface area (TPSA) is 82.2 Å². The summed E-state index contributed by atoms with van der Waals surface area (Å²) >= 11 is 1.38. The van der Waals surface area contributed by atoms with E-state index in [4.69, 9.17) is 11.6 Å². The van der Waals surface area contributed by atoms with Crippen molar-refractivity contribution >= 4 is 16.9 Å². The molecule has 0 saturated carbocycles. The van der Waals surface area contributed by atoms with Crippen LogP contribution in [0.2, 0.25) is 0 Å². The number of nitrogens with zero attached hydrogens (tertiary/aromatic N) is 3. The SMILES string of the molecule is CC(C)n1ccc(CSC(N)=NN)n1. The van der Waals surface area contributed by atoms with Crippen molar-refractivity contribution in [1.82, 2.24) is 9.78 Å². The molecule has 0 aliphatic carbocycles. The normalized spacial score (nSPS) is 12.4. The number of hydrogen-bond donors (Lipinski definition) is 2. The molecule has 78 valence electrons. The average molecular weight is 213 g/mol. The minimum absolute atomic E-state index is 0.379. The highest BCUT2D eigenvalue weighted by atomic mass is 32.2. The van der Waals surface area contributed by atoms with Gasteiger partial charge >= 0.3 is 0 Å². The summed E-state index contributed by atoms with van der Waals surface area (Å²) < 4.78 is 1.91. The summed E-state index contributed by atoms with van der Waals surface area (Å²) in [5, 5.41) is 8.11. The molecule has 0 unspecified atom stereocenters. The molecule has 0 amide bonds. The van der Waals surface area contributed by atoms with E-state index in [1.807, 2.05) is 16.9 Å². The number of rotatable bonds is 3. The van der Waals surface area contributed by atoms with Gasteiger partial charge in [0.2, 0.25) is 0 Å². The van der Waals surface area contributed by atoms with Gasteiger partial charge in [0.25, 0.3) is 0 Å². The van der Waals surface area contributed by atoms with Crippen molar-refractivity contribution in [3.8, 4) is 0 Å². The van der Waals surface area contributed by atoms with Crippen molar-refractivity contribution in [3.05, 3.63) is 18.0 Å². The molecule has 0 saturated heterocycles. The van der Waals surface area contributed by atoms with Gasteiger partial charge in [0, 0.05) is 18.0 Å². The summed E-state index contributed by atoms with van der Waals surface area (Å²) in [5.41, 5.74) is 6.42. The van der Waals surface area contributed by atoms with Crippen molar-refractivity contribution in [3.63, 3.8) is 0 Å². The smallest absolute Gasteiger partial charge is 0.177 e. The fourth-order valence-corrected chi connectivity index (χ4v) is 1.45. The third-order valence-electron chi connectivity index (χ3n) is 1.69. The minimum atomic E-state index is 0.379. The van der Waals surface area contributed by atoms with E-state index in [1.165, 1.54) is 11.8 Å². The number of hydrogen-bond acceptors (Lipinski definition) is 4. The van der Waals surface area contributed by atoms with Gasteiger partial charge in [-0.15, -0.1) is 0 Å². The highest BCUT2D eigenvalue weighted by Gasteiger charge is 2.02. The maximum atomic E-state index is 5.44. The number of amidine groups is 1. The molecular formula is C8H15N5S. The number of nitrogens with two attached hydrogens (primary N) is 2. The van der Waals surface area contributed by atoms with Gasteiger partial charge in [-0.25, -0.2) is 0 Å². The molecule has 0 spiro atoms. The molecule has 0 aliphatic heterocycles. The Morgan fingerprint density at radius 1 is 1.71 bits per heavy atom. The molecule has 4 N–H and O–H groups in total. The van der Waals surface area contributed by atoms with Gasteiger partial charge < -0.3 is 11.6 Å². The molecule has 6 heteroatoms. The first kappa shape index (κ1) is 10.9. The predicted molar refractivity (Wildman–Crippen MR) is 59.7 cm³/mol. The second kappa shape index (κ2) is 4.90. The zero-order valence-electron chi connectivity index (χ0n) is 8.34. The van der Waals surface area contributed by atoms with E-state index in [0.29, 0.717) is 17.0 Å². The second-order valence-corrected chi connectivity index (χ2v) is 4.13. The van der Waals surface area contributed by atoms with E-state index in [9.17, 15) is 0 Å². The maximum absolute atomic E-state index is 5.44. The third kappa shape index (κ3) is 2.95. The van der Waals surface area contributed by atoms with Crippen LogP contribution in [0.4, 0.5) is 0 Å². The van der Waals surface area contributed by atoms with Crippen LogP contribution < -0.4 is 11.6 Å². The summed E-state index contributed by atoms with van der Waals surface area (Å²) in [6, 6.07) is 2.35. The van der Waals surface area contributed by atoms with E-state index in [2.05, 4.69) is 24.0 Å². The van der Waals surface area contributed by atoms with Gasteiger partial charge in [0.05, 0.1) is 5.69 Å². The first-order valence-electron chi connectivity index (χ1n) is 4.33. The van der Waals surface area contributed by atoms with Gasteiger partial charge in [-0.1, -0.05) is 11.8 Å². The van der Waals surface area contributed by atoms with Crippen LogP contribution in [0.1, 0.15) is 25.6 Å². The Balaban J connectivity index is 2.52. The molecule has 0 bridgehead atoms. The summed E-state index contributed by atoms with van der Waals surface area (Å²) in [6.45, 7) is 4.17. The Kier molecular flexibility index (Phi) is 3.82. The van der Waals surface area contributed by atoms with E-state index < -0.39 is 0 Å². The van der Waals surface area contributed by atoms with Gasteiger partial charge in [-0.05, 0) is 19.9 Å². The largest absolute Gasteiger partial charge is 0.377 e. The molecule has 5 nitrogen and oxygen atoms in total. The van der Waals surface area contributed by atoms with Crippen LogP contribution in [0.5, 0.6) is 0 Å². The maximum Gasteiger partial charge on any atom is 0.177 e. The molecule has 1 aromatic rings. The van der Waals surface area contributed by atoms with Gasteiger partial charge in [0.15, 0.2) is 5.17 Å². The molecule has 1 aromatic heterocycles. The van der Waals surface area contributed by atoms with Crippen molar-refractivity contribution in [1.29, 1.82) is 0 Å². The Bertz CT molecular complexity index is 317. The van der Waals surface area contributed by atoms with Crippen LogP contribution in [-0.4, -0.2) is 14.9 Å². The fourth-order valence-electron chi connectivity index (χ4n) is 0.927. The van der Waals surface area contributed by atoms with E-state index in [0.717, 1.165) is 5.69 Å². The van der Waals surface area contributed by atoms with Crippen LogP contribution in [0, 0.1) is 0 Å². The van der Waals surface area contributed by atoms with Crippen LogP contribution >= 0.6 is 11.8 Å². The lowest BCUT2D eigenvalue weighted by atomic mass is 10.4. The lowest BCUT2D eigenvalue weighted by molar-refractivity contribution is 0.529. The van der Waals surface area contributed by atoms with Crippen LogP contribution in [0.15, 0.2) is 17.4 Å². The minimum Gasteiger partial charge on any atom is -0.377 e. The lowest BCUT2D eigenvalue weighted by Gasteiger charge is -2.03. The van der Waals surface area contributed by atoms with E-state index in [1.54, 1.807) is 0 Å². The van der Waals surface area contributed by atoms with Crippen molar-refractivity contribution in [2.24, 2.45) is 16.7 Å². The van der Waals surface area contributed by atoms with E-state index >= 15 is 0 Å². The van der Waals surface area contributed by atoms with Crippen molar-refractivity contribution < 1.29 is 0 Å². The van der Waals surface area contributed by atoms with Crippen molar-refractivity contribution in [2.45, 2.75) is 25.6 Å². The molecule has 0 atom stereocenters. The summed E-state index contributed by atoms with van der Waals surface area (Å²) in [4.78, 5) is 0. The zero-order chi connectivity index (χ0) is 10.6. The monoisotopic (exact) mass is 213 g/mol. The third-order valence-corrected chi connectivity index (χ3v) is 2.53. The van der Waals surface area contributed by atoms with E-state index in [-0.39, 0.29) is 0 Å². The Labute approximate surface area is 87.5 Å². The summed E-state index contributed by atoms with van der Waals surface area (Å²) in [5.74, 6) is 5.71. The van der Waals surface area contributed by atoms with Gasteiger partial charge in [-0.2, -0.15) is 10.2 Å². The molecule has 1 rings (SSSR count). The fraction of sp³-hybridized carbons (Fsp3) is 0.500. The number of hydrazone groups is 1. The summed E-state index contributed by atoms with van der Waals surface area (Å²) in [6.07, 6.45) is 1.95. The molecule has 0 aromatic carbocycles. The molecule has 0 aliphatic rings. The highest BCUT2D eigenvalue weighted by Crippen LogP contribution is 2.11. The molecule has 0 radical (unpaired) electrons. The molecule has 0 fully saturated rings. The molecule has 1 heterocycles. The van der Waals surface area contributed by atoms with Crippen LogP contribution in [0.25, 0.3) is 0 Å². The number of thioether (sulfide) groups is 1. The zero-order valence-corrected chi connectivity index (χ0v) is 9.16. The standard InChI is InChI=1S/C8H15N5S/c1-6(2)13-4-3-7(12-13)5-14-8(9)11-10/h3-4,6H,5,10H2,1-2H3,(H2,9,11). The Morgan fingerprint density at radius 2 is 2.43 bits per heavy atom. The second-order valence-electron chi connectivity index (χ2n) is 3.14. The molecule has 14 heavy (non-hydrogen) atoms. The Morgan fingerprint density at radius 3 is 2.93 bits per heavy atom. The van der Waals surface area contributed by atoms with Crippen molar-refractivity contribution in [2.75, 3.05) is 0 Å². The predicted octanol–water partition coefficient (Wildman–Crippen LogP) is 0.886. The first-order valence-corrected chi connectivity index (χ1v) is 5.32. The van der Waals surface area contributed by atoms with Crippen LogP contribution in [0.3, 0.4) is 0 Å².